The molecule has 0 aliphatic carbocycles. The maximum absolute atomic E-state index is 6.19. The highest BCUT2D eigenvalue weighted by atomic mass is 127. The van der Waals surface area contributed by atoms with Gasteiger partial charge in [0.2, 0.25) is 0 Å². The van der Waals surface area contributed by atoms with Crippen LogP contribution in [0.1, 0.15) is 11.1 Å². The number of hydrogen-bond donors (Lipinski definition) is 1. The van der Waals surface area contributed by atoms with Gasteiger partial charge in [0.1, 0.15) is 6.61 Å². The van der Waals surface area contributed by atoms with E-state index in [-0.39, 0.29) is 0 Å². The molecule has 0 heterocycles. The first kappa shape index (κ1) is 20.2. The van der Waals surface area contributed by atoms with Crippen LogP contribution in [0.5, 0.6) is 11.5 Å². The highest BCUT2D eigenvalue weighted by Gasteiger charge is 2.12. The van der Waals surface area contributed by atoms with Crippen molar-refractivity contribution in [2.45, 2.75) is 6.61 Å². The van der Waals surface area contributed by atoms with Gasteiger partial charge in [0, 0.05) is 0 Å². The fraction of sp³-hybridized carbons (Fsp3) is 0.0800. The summed E-state index contributed by atoms with van der Waals surface area (Å²) in [5, 5.41) is 6.72. The standard InChI is InChI=1S/C25H21IN2O2/c1-29-24-15-18(16-27-28-21-11-3-2-4-12-21)14-23(26)25(24)30-17-20-10-7-9-19-8-5-6-13-22(19)20/h2-16,28H,17H2,1H3/b27-16-. The van der Waals surface area contributed by atoms with Crippen LogP contribution in [-0.4, -0.2) is 13.3 Å². The molecule has 4 aromatic carbocycles. The van der Waals surface area contributed by atoms with Crippen LogP contribution in [0.4, 0.5) is 5.69 Å². The zero-order chi connectivity index (χ0) is 20.8. The maximum atomic E-state index is 6.19. The van der Waals surface area contributed by atoms with Gasteiger partial charge in [-0.15, -0.1) is 0 Å². The van der Waals surface area contributed by atoms with E-state index in [0.717, 1.165) is 26.1 Å². The number of ether oxygens (including phenoxy) is 2. The number of halogens is 1. The molecule has 0 saturated heterocycles. The molecular weight excluding hydrogens is 487 g/mol. The lowest BCUT2D eigenvalue weighted by Gasteiger charge is -2.14. The van der Waals surface area contributed by atoms with Gasteiger partial charge in [-0.25, -0.2) is 0 Å². The topological polar surface area (TPSA) is 42.8 Å². The summed E-state index contributed by atoms with van der Waals surface area (Å²) in [5.41, 5.74) is 6.03. The molecule has 0 atom stereocenters. The van der Waals surface area contributed by atoms with Gasteiger partial charge < -0.3 is 9.47 Å². The molecule has 5 heteroatoms. The first-order valence-corrected chi connectivity index (χ1v) is 10.6. The van der Waals surface area contributed by atoms with E-state index in [9.17, 15) is 0 Å². The molecule has 0 spiro atoms. The van der Waals surface area contributed by atoms with Crippen molar-refractivity contribution in [2.24, 2.45) is 5.10 Å². The van der Waals surface area contributed by atoms with Gasteiger partial charge in [-0.3, -0.25) is 5.43 Å². The highest BCUT2D eigenvalue weighted by molar-refractivity contribution is 14.1. The normalized spacial score (nSPS) is 11.0. The lowest BCUT2D eigenvalue weighted by Crippen LogP contribution is -2.01. The summed E-state index contributed by atoms with van der Waals surface area (Å²) in [4.78, 5) is 0. The smallest absolute Gasteiger partial charge is 0.174 e. The van der Waals surface area contributed by atoms with E-state index in [1.807, 2.05) is 54.6 Å². The third-order valence-corrected chi connectivity index (χ3v) is 5.49. The van der Waals surface area contributed by atoms with Crippen molar-refractivity contribution in [1.29, 1.82) is 0 Å². The van der Waals surface area contributed by atoms with Crippen molar-refractivity contribution >= 4 is 45.3 Å². The van der Waals surface area contributed by atoms with Crippen LogP contribution < -0.4 is 14.9 Å². The molecule has 0 saturated carbocycles. The number of anilines is 1. The molecule has 0 fully saturated rings. The Labute approximate surface area is 189 Å². The summed E-state index contributed by atoms with van der Waals surface area (Å²) in [6, 6.07) is 28.4. The monoisotopic (exact) mass is 508 g/mol. The molecule has 4 rings (SSSR count). The Morgan fingerprint density at radius 2 is 1.70 bits per heavy atom. The third kappa shape index (κ3) is 4.74. The summed E-state index contributed by atoms with van der Waals surface area (Å²) < 4.78 is 12.8. The van der Waals surface area contributed by atoms with Crippen LogP contribution in [0.15, 0.2) is 90.0 Å². The summed E-state index contributed by atoms with van der Waals surface area (Å²) in [6.45, 7) is 0.469. The SMILES string of the molecule is COc1cc(/C=N\Nc2ccccc2)cc(I)c1OCc1cccc2ccccc12. The van der Waals surface area contributed by atoms with Crippen molar-refractivity contribution < 1.29 is 9.47 Å². The van der Waals surface area contributed by atoms with E-state index in [0.29, 0.717) is 12.4 Å². The van der Waals surface area contributed by atoms with Gasteiger partial charge in [0.05, 0.1) is 22.6 Å². The average molecular weight is 508 g/mol. The molecule has 0 unspecified atom stereocenters. The highest BCUT2D eigenvalue weighted by Crippen LogP contribution is 2.34. The van der Waals surface area contributed by atoms with Gasteiger partial charge in [0.15, 0.2) is 11.5 Å². The van der Waals surface area contributed by atoms with Crippen LogP contribution in [0, 0.1) is 3.57 Å². The predicted molar refractivity (Wildman–Crippen MR) is 132 cm³/mol. The van der Waals surface area contributed by atoms with Crippen LogP contribution in [0.2, 0.25) is 0 Å². The fourth-order valence-electron chi connectivity index (χ4n) is 3.22. The molecule has 4 nitrogen and oxygen atoms in total. The fourth-order valence-corrected chi connectivity index (χ4v) is 4.00. The lowest BCUT2D eigenvalue weighted by atomic mass is 10.1. The van der Waals surface area contributed by atoms with Crippen molar-refractivity contribution in [3.8, 4) is 11.5 Å². The second-order valence-electron chi connectivity index (χ2n) is 6.70. The second kappa shape index (κ2) is 9.63. The van der Waals surface area contributed by atoms with Crippen molar-refractivity contribution in [3.63, 3.8) is 0 Å². The summed E-state index contributed by atoms with van der Waals surface area (Å²) in [5.74, 6) is 1.42. The molecule has 1 N–H and O–H groups in total. The molecular formula is C25H21IN2O2. The van der Waals surface area contributed by atoms with E-state index < -0.39 is 0 Å². The van der Waals surface area contributed by atoms with E-state index in [4.69, 9.17) is 9.47 Å². The van der Waals surface area contributed by atoms with Crippen molar-refractivity contribution in [3.05, 3.63) is 99.6 Å². The van der Waals surface area contributed by atoms with E-state index in [1.165, 1.54) is 10.8 Å². The minimum absolute atomic E-state index is 0.469. The minimum atomic E-state index is 0.469. The number of rotatable bonds is 7. The number of methoxy groups -OCH3 is 1. The van der Waals surface area contributed by atoms with Crippen LogP contribution in [0.25, 0.3) is 10.8 Å². The van der Waals surface area contributed by atoms with E-state index in [2.05, 4.69) is 63.4 Å². The largest absolute Gasteiger partial charge is 0.493 e. The van der Waals surface area contributed by atoms with Crippen LogP contribution >= 0.6 is 22.6 Å². The van der Waals surface area contributed by atoms with Crippen LogP contribution in [-0.2, 0) is 6.61 Å². The first-order chi connectivity index (χ1) is 14.7. The molecule has 0 bridgehead atoms. The van der Waals surface area contributed by atoms with Gasteiger partial charge in [-0.1, -0.05) is 60.7 Å². The number of fused-ring (bicyclic) bond motifs is 1. The Morgan fingerprint density at radius 3 is 2.53 bits per heavy atom. The summed E-state index contributed by atoms with van der Waals surface area (Å²) in [7, 11) is 1.65. The Balaban J connectivity index is 1.52. The number of benzene rings is 4. The maximum Gasteiger partial charge on any atom is 0.174 e. The number of hydrogen-bond acceptors (Lipinski definition) is 4. The lowest BCUT2D eigenvalue weighted by molar-refractivity contribution is 0.283. The summed E-state index contributed by atoms with van der Waals surface area (Å²) in [6.07, 6.45) is 1.77. The molecule has 0 aromatic heterocycles. The molecule has 30 heavy (non-hydrogen) atoms. The van der Waals surface area contributed by atoms with E-state index >= 15 is 0 Å². The molecule has 0 radical (unpaired) electrons. The Kier molecular flexibility index (Phi) is 6.49. The summed E-state index contributed by atoms with van der Waals surface area (Å²) >= 11 is 2.27. The van der Waals surface area contributed by atoms with Gasteiger partial charge >= 0.3 is 0 Å². The van der Waals surface area contributed by atoms with E-state index in [1.54, 1.807) is 13.3 Å². The quantitative estimate of drug-likeness (QED) is 0.177. The average Bonchev–Trinajstić information content (AvgIpc) is 2.79. The predicted octanol–water partition coefficient (Wildman–Crippen LogP) is 6.48. The number of hydrazone groups is 1. The molecule has 4 aromatic rings. The Bertz CT molecular complexity index is 1170. The molecule has 0 aliphatic rings. The number of nitrogens with one attached hydrogen (secondary N) is 1. The molecule has 0 amide bonds. The zero-order valence-corrected chi connectivity index (χ0v) is 18.7. The molecule has 150 valence electrons. The Hall–Kier alpha value is -3.06. The molecule has 0 aliphatic heterocycles. The van der Waals surface area contributed by atoms with Gasteiger partial charge in [-0.05, 0) is 68.8 Å². The minimum Gasteiger partial charge on any atom is -0.493 e. The van der Waals surface area contributed by atoms with Gasteiger partial charge in [-0.2, -0.15) is 5.10 Å². The number of nitrogens with zero attached hydrogens (tertiary/aromatic N) is 1. The van der Waals surface area contributed by atoms with Gasteiger partial charge in [0.25, 0.3) is 0 Å². The zero-order valence-electron chi connectivity index (χ0n) is 16.5. The second-order valence-corrected chi connectivity index (χ2v) is 7.86. The Morgan fingerprint density at radius 1 is 0.933 bits per heavy atom. The third-order valence-electron chi connectivity index (χ3n) is 4.68. The van der Waals surface area contributed by atoms with Crippen molar-refractivity contribution in [2.75, 3.05) is 12.5 Å². The first-order valence-electron chi connectivity index (χ1n) is 9.55. The van der Waals surface area contributed by atoms with Crippen molar-refractivity contribution in [1.82, 2.24) is 0 Å². The van der Waals surface area contributed by atoms with Crippen LogP contribution in [0.3, 0.4) is 0 Å². The number of para-hydroxylation sites is 1.